The Bertz CT molecular complexity index is 720. The smallest absolute Gasteiger partial charge is 0.408 e. The summed E-state index contributed by atoms with van der Waals surface area (Å²) in [5.41, 5.74) is 1.43. The largest absolute Gasteiger partial charge is 0.479 e. The molecule has 0 aliphatic rings. The topological polar surface area (TPSA) is 75.6 Å². The third-order valence-electron chi connectivity index (χ3n) is 3.26. The number of benzene rings is 2. The summed E-state index contributed by atoms with van der Waals surface area (Å²) in [6, 6.07) is 15.3. The lowest BCUT2D eigenvalue weighted by Crippen LogP contribution is -2.38. The first-order valence-electron chi connectivity index (χ1n) is 7.64. The van der Waals surface area contributed by atoms with Crippen LogP contribution in [0.1, 0.15) is 32.4 Å². The van der Waals surface area contributed by atoms with Crippen molar-refractivity contribution in [3.05, 3.63) is 60.2 Å². The van der Waals surface area contributed by atoms with Gasteiger partial charge in [0.15, 0.2) is 6.04 Å². The van der Waals surface area contributed by atoms with Crippen LogP contribution in [0, 0.1) is 0 Å². The van der Waals surface area contributed by atoms with Gasteiger partial charge in [0.1, 0.15) is 5.60 Å². The molecule has 1 atom stereocenters. The second kappa shape index (κ2) is 7.17. The second-order valence-corrected chi connectivity index (χ2v) is 6.37. The predicted octanol–water partition coefficient (Wildman–Crippen LogP) is 4.00. The highest BCUT2D eigenvalue weighted by Crippen LogP contribution is 2.28. The molecular weight excluding hydrogens is 306 g/mol. The van der Waals surface area contributed by atoms with Crippen LogP contribution < -0.4 is 5.32 Å². The predicted molar refractivity (Wildman–Crippen MR) is 91.6 cm³/mol. The summed E-state index contributed by atoms with van der Waals surface area (Å²) in [4.78, 5) is 23.7. The molecule has 2 rings (SSSR count). The van der Waals surface area contributed by atoms with Crippen LogP contribution in [0.2, 0.25) is 0 Å². The number of hydrogen-bond donors (Lipinski definition) is 2. The van der Waals surface area contributed by atoms with E-state index in [0.717, 1.165) is 11.1 Å². The monoisotopic (exact) mass is 327 g/mol. The molecule has 2 aromatic rings. The minimum Gasteiger partial charge on any atom is -0.479 e. The van der Waals surface area contributed by atoms with Crippen molar-refractivity contribution in [1.29, 1.82) is 0 Å². The minimum absolute atomic E-state index is 0.502. The van der Waals surface area contributed by atoms with Gasteiger partial charge in [0.2, 0.25) is 0 Å². The van der Waals surface area contributed by atoms with Gasteiger partial charge in [-0.15, -0.1) is 0 Å². The SMILES string of the molecule is CC(C)(C)OC(=O)N[C@H](C(=O)O)c1ccccc1-c1ccccc1. The number of carbonyl (C=O) groups is 2. The van der Waals surface area contributed by atoms with E-state index in [2.05, 4.69) is 5.32 Å². The van der Waals surface area contributed by atoms with Gasteiger partial charge in [0, 0.05) is 0 Å². The van der Waals surface area contributed by atoms with E-state index in [1.165, 1.54) is 0 Å². The van der Waals surface area contributed by atoms with Crippen LogP contribution in [-0.4, -0.2) is 22.8 Å². The van der Waals surface area contributed by atoms with Crippen molar-refractivity contribution in [3.63, 3.8) is 0 Å². The van der Waals surface area contributed by atoms with E-state index in [0.29, 0.717) is 5.56 Å². The van der Waals surface area contributed by atoms with E-state index in [-0.39, 0.29) is 0 Å². The van der Waals surface area contributed by atoms with Gasteiger partial charge in [0.25, 0.3) is 0 Å². The van der Waals surface area contributed by atoms with Gasteiger partial charge in [-0.2, -0.15) is 0 Å². The van der Waals surface area contributed by atoms with Crippen molar-refractivity contribution in [1.82, 2.24) is 5.32 Å². The molecule has 0 heterocycles. The number of amides is 1. The zero-order chi connectivity index (χ0) is 17.7. The second-order valence-electron chi connectivity index (χ2n) is 6.37. The molecule has 2 N–H and O–H groups in total. The van der Waals surface area contributed by atoms with Crippen molar-refractivity contribution in [2.45, 2.75) is 32.4 Å². The molecule has 0 saturated heterocycles. The number of nitrogens with one attached hydrogen (secondary N) is 1. The molecule has 5 nitrogen and oxygen atoms in total. The Morgan fingerprint density at radius 1 is 1.00 bits per heavy atom. The van der Waals surface area contributed by atoms with Crippen LogP contribution in [-0.2, 0) is 9.53 Å². The summed E-state index contributed by atoms with van der Waals surface area (Å²) >= 11 is 0. The Labute approximate surface area is 141 Å². The van der Waals surface area contributed by atoms with E-state index < -0.39 is 23.7 Å². The third-order valence-corrected chi connectivity index (χ3v) is 3.26. The van der Waals surface area contributed by atoms with E-state index >= 15 is 0 Å². The first kappa shape index (κ1) is 17.5. The molecule has 0 aromatic heterocycles. The molecule has 1 amide bonds. The van der Waals surface area contributed by atoms with Crippen LogP contribution >= 0.6 is 0 Å². The van der Waals surface area contributed by atoms with Crippen molar-refractivity contribution in [3.8, 4) is 11.1 Å². The quantitative estimate of drug-likeness (QED) is 0.890. The lowest BCUT2D eigenvalue weighted by atomic mass is 9.95. The normalized spacial score (nSPS) is 12.3. The number of ether oxygens (including phenoxy) is 1. The Hall–Kier alpha value is -2.82. The van der Waals surface area contributed by atoms with E-state index in [9.17, 15) is 14.7 Å². The summed E-state index contributed by atoms with van der Waals surface area (Å²) in [5, 5.41) is 12.0. The molecule has 0 spiro atoms. The molecule has 0 bridgehead atoms. The van der Waals surface area contributed by atoms with Gasteiger partial charge < -0.3 is 15.2 Å². The molecule has 0 aliphatic carbocycles. The van der Waals surface area contributed by atoms with Crippen molar-refractivity contribution < 1.29 is 19.4 Å². The van der Waals surface area contributed by atoms with Gasteiger partial charge >= 0.3 is 12.1 Å². The molecule has 0 unspecified atom stereocenters. The lowest BCUT2D eigenvalue weighted by Gasteiger charge is -2.23. The summed E-state index contributed by atoms with van der Waals surface area (Å²) in [6.45, 7) is 5.17. The summed E-state index contributed by atoms with van der Waals surface area (Å²) < 4.78 is 5.17. The third kappa shape index (κ3) is 4.59. The average molecular weight is 327 g/mol. The van der Waals surface area contributed by atoms with Gasteiger partial charge in [-0.3, -0.25) is 0 Å². The van der Waals surface area contributed by atoms with E-state index in [1.807, 2.05) is 42.5 Å². The highest BCUT2D eigenvalue weighted by atomic mass is 16.6. The molecular formula is C19H21NO4. The zero-order valence-corrected chi connectivity index (χ0v) is 13.9. The Morgan fingerprint density at radius 3 is 2.17 bits per heavy atom. The van der Waals surface area contributed by atoms with Crippen LogP contribution in [0.4, 0.5) is 4.79 Å². The highest BCUT2D eigenvalue weighted by Gasteiger charge is 2.27. The fraction of sp³-hybridized carbons (Fsp3) is 0.263. The standard InChI is InChI=1S/C19H21NO4/c1-19(2,3)24-18(23)20-16(17(21)22)15-12-8-7-11-14(15)13-9-5-4-6-10-13/h4-12,16H,1-3H3,(H,20,23)(H,21,22)/t16-/m0/s1. The zero-order valence-electron chi connectivity index (χ0n) is 13.9. The Morgan fingerprint density at radius 2 is 1.58 bits per heavy atom. The number of alkyl carbamates (subject to hydrolysis) is 1. The van der Waals surface area contributed by atoms with Gasteiger partial charge in [-0.25, -0.2) is 9.59 Å². The minimum atomic E-state index is -1.20. The maximum Gasteiger partial charge on any atom is 0.408 e. The molecule has 2 aromatic carbocycles. The molecule has 0 fully saturated rings. The number of carboxylic acid groups (broad SMARTS) is 1. The van der Waals surface area contributed by atoms with Crippen molar-refractivity contribution in [2.75, 3.05) is 0 Å². The maximum absolute atomic E-state index is 12.0. The summed E-state index contributed by atoms with van der Waals surface area (Å²) in [5.74, 6) is -1.15. The van der Waals surface area contributed by atoms with Gasteiger partial charge in [-0.1, -0.05) is 54.6 Å². The fourth-order valence-electron chi connectivity index (χ4n) is 2.33. The Balaban J connectivity index is 2.36. The Kier molecular flexibility index (Phi) is 5.24. The lowest BCUT2D eigenvalue weighted by molar-refractivity contribution is -0.139. The van der Waals surface area contributed by atoms with Crippen LogP contribution in [0.3, 0.4) is 0 Å². The number of rotatable bonds is 4. The van der Waals surface area contributed by atoms with Crippen LogP contribution in [0.15, 0.2) is 54.6 Å². The maximum atomic E-state index is 12.0. The fourth-order valence-corrected chi connectivity index (χ4v) is 2.33. The number of carboxylic acids is 1. The molecule has 0 saturated carbocycles. The number of aliphatic carboxylic acids is 1. The number of hydrogen-bond acceptors (Lipinski definition) is 3. The first-order valence-corrected chi connectivity index (χ1v) is 7.64. The first-order chi connectivity index (χ1) is 11.3. The van der Waals surface area contributed by atoms with Crippen LogP contribution in [0.5, 0.6) is 0 Å². The molecule has 5 heteroatoms. The molecule has 126 valence electrons. The highest BCUT2D eigenvalue weighted by molar-refractivity contribution is 5.84. The van der Waals surface area contributed by atoms with E-state index in [1.54, 1.807) is 32.9 Å². The molecule has 24 heavy (non-hydrogen) atoms. The van der Waals surface area contributed by atoms with Gasteiger partial charge in [-0.05, 0) is 37.5 Å². The van der Waals surface area contributed by atoms with Crippen LogP contribution in [0.25, 0.3) is 11.1 Å². The van der Waals surface area contributed by atoms with Crippen molar-refractivity contribution in [2.24, 2.45) is 0 Å². The number of carbonyl (C=O) groups excluding carboxylic acids is 1. The molecule has 0 radical (unpaired) electrons. The van der Waals surface area contributed by atoms with Gasteiger partial charge in [0.05, 0.1) is 0 Å². The molecule has 0 aliphatic heterocycles. The average Bonchev–Trinajstić information content (AvgIpc) is 2.51. The summed E-state index contributed by atoms with van der Waals surface area (Å²) in [7, 11) is 0. The van der Waals surface area contributed by atoms with E-state index in [4.69, 9.17) is 4.74 Å². The van der Waals surface area contributed by atoms with Crippen molar-refractivity contribution >= 4 is 12.1 Å². The summed E-state index contributed by atoms with van der Waals surface area (Å²) in [6.07, 6.45) is -0.766.